The van der Waals surface area contributed by atoms with Crippen LogP contribution in [0.4, 0.5) is 0 Å². The van der Waals surface area contributed by atoms with E-state index in [0.717, 1.165) is 41.8 Å². The first-order valence-corrected chi connectivity index (χ1v) is 10.9. The van der Waals surface area contributed by atoms with Crippen LogP contribution in [0.2, 0.25) is 5.02 Å². The quantitative estimate of drug-likeness (QED) is 0.649. The van der Waals surface area contributed by atoms with E-state index < -0.39 is 0 Å². The van der Waals surface area contributed by atoms with Gasteiger partial charge < -0.3 is 9.47 Å². The third-order valence-corrected chi connectivity index (χ3v) is 6.59. The zero-order valence-corrected chi connectivity index (χ0v) is 17.8. The Morgan fingerprint density at radius 3 is 2.52 bits per heavy atom. The highest BCUT2D eigenvalue weighted by Gasteiger charge is 2.25. The fraction of sp³-hybridized carbons (Fsp3) is 0.550. The molecule has 1 saturated carbocycles. The predicted molar refractivity (Wildman–Crippen MR) is 111 cm³/mol. The van der Waals surface area contributed by atoms with Gasteiger partial charge in [-0.15, -0.1) is 10.2 Å². The fourth-order valence-corrected chi connectivity index (χ4v) is 4.61. The summed E-state index contributed by atoms with van der Waals surface area (Å²) in [6.45, 7) is 5.10. The Morgan fingerprint density at radius 1 is 1.22 bits per heavy atom. The molecule has 0 unspecified atom stereocenters. The van der Waals surface area contributed by atoms with Crippen molar-refractivity contribution in [2.75, 3.05) is 12.8 Å². The minimum absolute atomic E-state index is 0.165. The van der Waals surface area contributed by atoms with Crippen LogP contribution in [-0.4, -0.2) is 44.4 Å². The number of halogens is 1. The molecule has 1 aliphatic rings. The van der Waals surface area contributed by atoms with Crippen LogP contribution in [0.1, 0.15) is 39.5 Å². The number of aromatic nitrogens is 3. The van der Waals surface area contributed by atoms with Crippen LogP contribution in [0.15, 0.2) is 29.4 Å². The maximum atomic E-state index is 12.6. The third-order valence-electron chi connectivity index (χ3n) is 5.39. The molecule has 0 bridgehead atoms. The normalized spacial score (nSPS) is 19.9. The van der Waals surface area contributed by atoms with Gasteiger partial charge in [-0.05, 0) is 62.8 Å². The van der Waals surface area contributed by atoms with Crippen molar-refractivity contribution in [2.45, 2.75) is 57.3 Å². The highest BCUT2D eigenvalue weighted by atomic mass is 35.5. The van der Waals surface area contributed by atoms with Crippen molar-refractivity contribution in [1.82, 2.24) is 19.7 Å². The van der Waals surface area contributed by atoms with E-state index in [1.54, 1.807) is 0 Å². The molecule has 0 atom stereocenters. The monoisotopic (exact) mass is 406 g/mol. The molecule has 1 fully saturated rings. The van der Waals surface area contributed by atoms with Crippen molar-refractivity contribution < 1.29 is 4.79 Å². The Labute approximate surface area is 170 Å². The second kappa shape index (κ2) is 9.11. The number of carbonyl (C=O) groups excluding carboxylic acids is 1. The molecule has 3 rings (SSSR count). The largest absolute Gasteiger partial charge is 0.342 e. The summed E-state index contributed by atoms with van der Waals surface area (Å²) in [6, 6.07) is 7.96. The Kier molecular flexibility index (Phi) is 6.82. The molecule has 7 heteroatoms. The highest BCUT2D eigenvalue weighted by molar-refractivity contribution is 7.99. The van der Waals surface area contributed by atoms with Gasteiger partial charge in [0.2, 0.25) is 5.91 Å². The predicted octanol–water partition coefficient (Wildman–Crippen LogP) is 4.75. The van der Waals surface area contributed by atoms with Crippen LogP contribution >= 0.6 is 23.4 Å². The van der Waals surface area contributed by atoms with Crippen LogP contribution in [0.25, 0.3) is 11.4 Å². The summed E-state index contributed by atoms with van der Waals surface area (Å²) >= 11 is 7.44. The second-order valence-electron chi connectivity index (χ2n) is 7.26. The molecule has 0 aliphatic heterocycles. The summed E-state index contributed by atoms with van der Waals surface area (Å²) in [6.07, 6.45) is 4.65. The molecule has 0 N–H and O–H groups in total. The van der Waals surface area contributed by atoms with Gasteiger partial charge in [0.15, 0.2) is 11.0 Å². The highest BCUT2D eigenvalue weighted by Crippen LogP contribution is 2.28. The fourth-order valence-electron chi connectivity index (χ4n) is 3.55. The lowest BCUT2D eigenvalue weighted by molar-refractivity contribution is -0.129. The molecule has 2 aromatic rings. The standard InChI is InChI=1S/C20H27ClN4OS/c1-4-25-19(15-7-9-16(21)10-8-15)22-23-20(25)27-13-18(26)24(3)17-11-5-14(2)6-12-17/h7-10,14,17H,4-6,11-13H2,1-3H3. The van der Waals surface area contributed by atoms with Gasteiger partial charge in [0.1, 0.15) is 0 Å². The zero-order valence-electron chi connectivity index (χ0n) is 16.2. The minimum atomic E-state index is 0.165. The molecule has 1 amide bonds. The lowest BCUT2D eigenvalue weighted by Gasteiger charge is -2.33. The molecule has 1 aromatic carbocycles. The van der Waals surface area contributed by atoms with Gasteiger partial charge in [-0.25, -0.2) is 0 Å². The van der Waals surface area contributed by atoms with Crippen LogP contribution in [0.3, 0.4) is 0 Å². The molecule has 1 aliphatic carbocycles. The van der Waals surface area contributed by atoms with Gasteiger partial charge in [-0.2, -0.15) is 0 Å². The van der Waals surface area contributed by atoms with E-state index in [4.69, 9.17) is 11.6 Å². The Balaban J connectivity index is 1.64. The number of nitrogens with zero attached hydrogens (tertiary/aromatic N) is 4. The SMILES string of the molecule is CCn1c(SCC(=O)N(C)C2CCC(C)CC2)nnc1-c1ccc(Cl)cc1. The third kappa shape index (κ3) is 4.85. The number of rotatable bonds is 6. The first kappa shape index (κ1) is 20.2. The van der Waals surface area contributed by atoms with Crippen molar-refractivity contribution in [3.05, 3.63) is 29.3 Å². The molecule has 1 heterocycles. The molecule has 0 spiro atoms. The summed E-state index contributed by atoms with van der Waals surface area (Å²) < 4.78 is 2.05. The van der Waals surface area contributed by atoms with Gasteiger partial charge in [0.05, 0.1) is 5.75 Å². The first-order valence-electron chi connectivity index (χ1n) is 9.57. The van der Waals surface area contributed by atoms with Crippen LogP contribution in [0.5, 0.6) is 0 Å². The minimum Gasteiger partial charge on any atom is -0.342 e. The van der Waals surface area contributed by atoms with Crippen molar-refractivity contribution >= 4 is 29.3 Å². The van der Waals surface area contributed by atoms with Crippen molar-refractivity contribution in [2.24, 2.45) is 5.92 Å². The van der Waals surface area contributed by atoms with Crippen molar-refractivity contribution in [1.29, 1.82) is 0 Å². The van der Waals surface area contributed by atoms with Crippen LogP contribution in [0, 0.1) is 5.92 Å². The smallest absolute Gasteiger partial charge is 0.233 e. The summed E-state index contributed by atoms with van der Waals surface area (Å²) in [5.41, 5.74) is 0.973. The van der Waals surface area contributed by atoms with Crippen LogP contribution < -0.4 is 0 Å². The molecule has 0 radical (unpaired) electrons. The first-order chi connectivity index (χ1) is 13.0. The van der Waals surface area contributed by atoms with Gasteiger partial charge in [0.25, 0.3) is 0 Å². The maximum absolute atomic E-state index is 12.6. The number of hydrogen-bond donors (Lipinski definition) is 0. The average Bonchev–Trinajstić information content (AvgIpc) is 3.09. The van der Waals surface area contributed by atoms with E-state index >= 15 is 0 Å². The second-order valence-corrected chi connectivity index (χ2v) is 8.64. The number of benzene rings is 1. The molecule has 146 valence electrons. The topological polar surface area (TPSA) is 51.0 Å². The molecule has 1 aromatic heterocycles. The van der Waals surface area contributed by atoms with Gasteiger partial charge in [-0.1, -0.05) is 30.3 Å². The van der Waals surface area contributed by atoms with Gasteiger partial charge in [0, 0.05) is 30.2 Å². The summed E-state index contributed by atoms with van der Waals surface area (Å²) in [5.74, 6) is 2.15. The van der Waals surface area contributed by atoms with E-state index in [-0.39, 0.29) is 5.91 Å². The summed E-state index contributed by atoms with van der Waals surface area (Å²) in [7, 11) is 1.94. The maximum Gasteiger partial charge on any atom is 0.233 e. The summed E-state index contributed by atoms with van der Waals surface area (Å²) in [5, 5.41) is 10.1. The molecule has 27 heavy (non-hydrogen) atoms. The number of hydrogen-bond acceptors (Lipinski definition) is 4. The van der Waals surface area contributed by atoms with E-state index in [1.165, 1.54) is 24.6 Å². The Hall–Kier alpha value is -1.53. The van der Waals surface area contributed by atoms with E-state index in [1.807, 2.05) is 40.8 Å². The van der Waals surface area contributed by atoms with Gasteiger partial charge in [-0.3, -0.25) is 4.79 Å². The van der Waals surface area contributed by atoms with E-state index in [9.17, 15) is 4.79 Å². The Bertz CT molecular complexity index is 769. The average molecular weight is 407 g/mol. The number of carbonyl (C=O) groups is 1. The zero-order chi connectivity index (χ0) is 19.4. The number of thioether (sulfide) groups is 1. The van der Waals surface area contributed by atoms with Crippen molar-refractivity contribution in [3.8, 4) is 11.4 Å². The van der Waals surface area contributed by atoms with Crippen LogP contribution in [-0.2, 0) is 11.3 Å². The number of amides is 1. The lowest BCUT2D eigenvalue weighted by Crippen LogP contribution is -2.40. The molecular weight excluding hydrogens is 380 g/mol. The lowest BCUT2D eigenvalue weighted by atomic mass is 9.87. The summed E-state index contributed by atoms with van der Waals surface area (Å²) in [4.78, 5) is 14.6. The molecule has 5 nitrogen and oxygen atoms in total. The van der Waals surface area contributed by atoms with Crippen molar-refractivity contribution in [3.63, 3.8) is 0 Å². The van der Waals surface area contributed by atoms with E-state index in [0.29, 0.717) is 16.8 Å². The van der Waals surface area contributed by atoms with Gasteiger partial charge >= 0.3 is 0 Å². The molecular formula is C20H27ClN4OS. The Morgan fingerprint density at radius 2 is 1.89 bits per heavy atom. The van der Waals surface area contributed by atoms with E-state index in [2.05, 4.69) is 24.0 Å². The molecule has 0 saturated heterocycles.